The number of hydrogen-bond acceptors (Lipinski definition) is 2. The summed E-state index contributed by atoms with van der Waals surface area (Å²) in [6.07, 6.45) is 0.301. The SMILES string of the molecule is CC.CC(=O)N[C@@H](Cc1ccc(C)cc1)C(=O)O. The highest BCUT2D eigenvalue weighted by Gasteiger charge is 2.18. The average Bonchev–Trinajstić information content (AvgIpc) is 2.33. The highest BCUT2D eigenvalue weighted by atomic mass is 16.4. The molecule has 0 radical (unpaired) electrons. The summed E-state index contributed by atoms with van der Waals surface area (Å²) >= 11 is 0. The summed E-state index contributed by atoms with van der Waals surface area (Å²) in [4.78, 5) is 21.7. The number of aliphatic carboxylic acids is 1. The van der Waals surface area contributed by atoms with Gasteiger partial charge in [-0.25, -0.2) is 4.79 Å². The zero-order chi connectivity index (χ0) is 14.1. The summed E-state index contributed by atoms with van der Waals surface area (Å²) in [5.74, 6) is -1.35. The van der Waals surface area contributed by atoms with Crippen molar-refractivity contribution in [3.63, 3.8) is 0 Å². The largest absolute Gasteiger partial charge is 0.480 e. The fourth-order valence-corrected chi connectivity index (χ4v) is 1.41. The van der Waals surface area contributed by atoms with Crippen molar-refractivity contribution in [2.45, 2.75) is 40.2 Å². The zero-order valence-corrected chi connectivity index (χ0v) is 11.4. The molecule has 0 aromatic heterocycles. The van der Waals surface area contributed by atoms with Crippen molar-refractivity contribution in [1.82, 2.24) is 5.32 Å². The molecule has 0 saturated heterocycles. The van der Waals surface area contributed by atoms with E-state index in [4.69, 9.17) is 5.11 Å². The van der Waals surface area contributed by atoms with Crippen LogP contribution < -0.4 is 5.32 Å². The second-order valence-corrected chi connectivity index (χ2v) is 3.78. The standard InChI is InChI=1S/C12H15NO3.C2H6/c1-8-3-5-10(6-4-8)7-11(12(15)16)13-9(2)14;1-2/h3-6,11H,7H2,1-2H3,(H,13,14)(H,15,16);1-2H3/t11-;/m0./s1. The van der Waals surface area contributed by atoms with E-state index in [0.717, 1.165) is 11.1 Å². The van der Waals surface area contributed by atoms with E-state index >= 15 is 0 Å². The quantitative estimate of drug-likeness (QED) is 0.861. The summed E-state index contributed by atoms with van der Waals surface area (Å²) in [5, 5.41) is 11.3. The molecular formula is C14H21NO3. The van der Waals surface area contributed by atoms with Crippen LogP contribution in [0.15, 0.2) is 24.3 Å². The predicted molar refractivity (Wildman–Crippen MR) is 71.5 cm³/mol. The van der Waals surface area contributed by atoms with Crippen LogP contribution in [-0.2, 0) is 16.0 Å². The van der Waals surface area contributed by atoms with E-state index in [9.17, 15) is 9.59 Å². The van der Waals surface area contributed by atoms with Gasteiger partial charge in [-0.05, 0) is 12.5 Å². The molecule has 1 rings (SSSR count). The van der Waals surface area contributed by atoms with Gasteiger partial charge in [0, 0.05) is 13.3 Å². The predicted octanol–water partition coefficient (Wildman–Crippen LogP) is 2.15. The Morgan fingerprint density at radius 1 is 1.22 bits per heavy atom. The highest BCUT2D eigenvalue weighted by Crippen LogP contribution is 2.06. The lowest BCUT2D eigenvalue weighted by Crippen LogP contribution is -2.41. The van der Waals surface area contributed by atoms with Gasteiger partial charge < -0.3 is 10.4 Å². The molecular weight excluding hydrogens is 230 g/mol. The zero-order valence-electron chi connectivity index (χ0n) is 11.4. The molecule has 1 aromatic rings. The van der Waals surface area contributed by atoms with Crippen molar-refractivity contribution in [3.8, 4) is 0 Å². The minimum Gasteiger partial charge on any atom is -0.480 e. The molecule has 1 amide bonds. The van der Waals surface area contributed by atoms with Crippen LogP contribution in [0.1, 0.15) is 31.9 Å². The van der Waals surface area contributed by atoms with Crippen molar-refractivity contribution in [3.05, 3.63) is 35.4 Å². The molecule has 4 nitrogen and oxygen atoms in total. The summed E-state index contributed by atoms with van der Waals surface area (Å²) in [6.45, 7) is 7.28. The minimum absolute atomic E-state index is 0.301. The summed E-state index contributed by atoms with van der Waals surface area (Å²) in [5.41, 5.74) is 2.02. The van der Waals surface area contributed by atoms with Gasteiger partial charge in [0.05, 0.1) is 0 Å². The van der Waals surface area contributed by atoms with Crippen LogP contribution in [0.2, 0.25) is 0 Å². The summed E-state index contributed by atoms with van der Waals surface area (Å²) in [6, 6.07) is 6.71. The van der Waals surface area contributed by atoms with Gasteiger partial charge in [-0.2, -0.15) is 0 Å². The number of nitrogens with one attached hydrogen (secondary N) is 1. The van der Waals surface area contributed by atoms with E-state index in [1.807, 2.05) is 45.0 Å². The van der Waals surface area contributed by atoms with Gasteiger partial charge in [-0.15, -0.1) is 0 Å². The first-order chi connectivity index (χ1) is 8.49. The average molecular weight is 251 g/mol. The first kappa shape index (κ1) is 16.2. The molecule has 0 aliphatic heterocycles. The van der Waals surface area contributed by atoms with Crippen LogP contribution >= 0.6 is 0 Å². The Labute approximate surface area is 108 Å². The van der Waals surface area contributed by atoms with Crippen LogP contribution in [0.5, 0.6) is 0 Å². The second kappa shape index (κ2) is 8.28. The van der Waals surface area contributed by atoms with Crippen molar-refractivity contribution in [2.75, 3.05) is 0 Å². The Kier molecular flexibility index (Phi) is 7.43. The number of carbonyl (C=O) groups excluding carboxylic acids is 1. The van der Waals surface area contributed by atoms with Gasteiger partial charge in [0.2, 0.25) is 5.91 Å². The number of hydrogen-bond donors (Lipinski definition) is 2. The molecule has 1 aromatic carbocycles. The second-order valence-electron chi connectivity index (χ2n) is 3.78. The third kappa shape index (κ3) is 6.03. The number of rotatable bonds is 4. The van der Waals surface area contributed by atoms with E-state index in [1.165, 1.54) is 6.92 Å². The van der Waals surface area contributed by atoms with Gasteiger partial charge in [-0.1, -0.05) is 43.7 Å². The molecule has 0 aliphatic carbocycles. The van der Waals surface area contributed by atoms with Crippen LogP contribution in [0, 0.1) is 6.92 Å². The summed E-state index contributed by atoms with van der Waals surface area (Å²) < 4.78 is 0. The van der Waals surface area contributed by atoms with Crippen molar-refractivity contribution in [1.29, 1.82) is 0 Å². The van der Waals surface area contributed by atoms with E-state index in [2.05, 4.69) is 5.32 Å². The molecule has 0 spiro atoms. The maximum Gasteiger partial charge on any atom is 0.326 e. The van der Waals surface area contributed by atoms with E-state index in [0.29, 0.717) is 6.42 Å². The number of carboxylic acids is 1. The lowest BCUT2D eigenvalue weighted by atomic mass is 10.0. The van der Waals surface area contributed by atoms with Crippen LogP contribution in [0.4, 0.5) is 0 Å². The van der Waals surface area contributed by atoms with Gasteiger partial charge >= 0.3 is 5.97 Å². The lowest BCUT2D eigenvalue weighted by molar-refractivity contribution is -0.141. The maximum atomic E-state index is 10.9. The normalized spacial score (nSPS) is 10.9. The molecule has 0 aliphatic rings. The number of benzene rings is 1. The molecule has 1 atom stereocenters. The molecule has 0 heterocycles. The third-order valence-corrected chi connectivity index (χ3v) is 2.24. The number of aryl methyl sites for hydroxylation is 1. The molecule has 4 heteroatoms. The Morgan fingerprint density at radius 2 is 1.72 bits per heavy atom. The molecule has 18 heavy (non-hydrogen) atoms. The smallest absolute Gasteiger partial charge is 0.326 e. The fourth-order valence-electron chi connectivity index (χ4n) is 1.41. The maximum absolute atomic E-state index is 10.9. The van der Waals surface area contributed by atoms with Crippen molar-refractivity contribution in [2.24, 2.45) is 0 Å². The minimum atomic E-state index is -1.02. The van der Waals surface area contributed by atoms with Crippen LogP contribution in [0.3, 0.4) is 0 Å². The Bertz CT molecular complexity index is 385. The Morgan fingerprint density at radius 3 is 2.11 bits per heavy atom. The van der Waals surface area contributed by atoms with E-state index in [-0.39, 0.29) is 5.91 Å². The van der Waals surface area contributed by atoms with Gasteiger partial charge in [0.25, 0.3) is 0 Å². The van der Waals surface area contributed by atoms with Crippen LogP contribution in [-0.4, -0.2) is 23.0 Å². The number of amides is 1. The first-order valence-corrected chi connectivity index (χ1v) is 6.04. The van der Waals surface area contributed by atoms with Gasteiger partial charge in [-0.3, -0.25) is 4.79 Å². The van der Waals surface area contributed by atoms with Crippen molar-refractivity contribution >= 4 is 11.9 Å². The van der Waals surface area contributed by atoms with Gasteiger partial charge in [0.1, 0.15) is 6.04 Å². The van der Waals surface area contributed by atoms with E-state index < -0.39 is 12.0 Å². The first-order valence-electron chi connectivity index (χ1n) is 6.04. The Balaban J connectivity index is 0.00000137. The topological polar surface area (TPSA) is 66.4 Å². The third-order valence-electron chi connectivity index (χ3n) is 2.24. The highest BCUT2D eigenvalue weighted by molar-refractivity contribution is 5.82. The number of carboxylic acid groups (broad SMARTS) is 1. The monoisotopic (exact) mass is 251 g/mol. The molecule has 0 fully saturated rings. The lowest BCUT2D eigenvalue weighted by Gasteiger charge is -2.13. The molecule has 0 saturated carbocycles. The van der Waals surface area contributed by atoms with Gasteiger partial charge in [0.15, 0.2) is 0 Å². The number of carbonyl (C=O) groups is 2. The van der Waals surface area contributed by atoms with E-state index in [1.54, 1.807) is 0 Å². The van der Waals surface area contributed by atoms with Crippen LogP contribution in [0.25, 0.3) is 0 Å². The molecule has 100 valence electrons. The Hall–Kier alpha value is -1.84. The molecule has 0 unspecified atom stereocenters. The van der Waals surface area contributed by atoms with Crippen molar-refractivity contribution < 1.29 is 14.7 Å². The molecule has 0 bridgehead atoms. The molecule has 2 N–H and O–H groups in total. The summed E-state index contributed by atoms with van der Waals surface area (Å²) in [7, 11) is 0. The fraction of sp³-hybridized carbons (Fsp3) is 0.429.